The number of carbonyl (C=O) groups is 2. The molecule has 0 aromatic heterocycles. The number of aliphatic hydroxyl groups is 2. The minimum absolute atomic E-state index is 0.0447. The minimum Gasteiger partial charge on any atom is -0.507 e. The molecule has 0 spiro atoms. The number of phenols is 2. The fourth-order valence-corrected chi connectivity index (χ4v) is 6.85. The SMILES string of the molecule is NC(=O)C1=NN(c2ccc(S(=O)(=O)O)cc2)C(=O)C1NNc1ccc2c(O)c(NNc3cc(OCCO)c(NNc4cccc5cccc(O)c45)cc3OCCO)ccc2c1.O=S(=O)=O.O=S(=O)=O.O=S(=O)=O. The molecule has 13 N–H and O–H groups in total. The second kappa shape index (κ2) is 26.5. The number of nitrogens with one attached hydrogen (secondary N) is 6. The van der Waals surface area contributed by atoms with Crippen molar-refractivity contribution in [2.45, 2.75) is 10.9 Å². The topological polar surface area (TPSA) is 455 Å². The number of hydrazine groups is 3. The summed E-state index contributed by atoms with van der Waals surface area (Å²) in [4.78, 5) is 25.1. The van der Waals surface area contributed by atoms with Gasteiger partial charge in [0.1, 0.15) is 36.2 Å². The molecule has 0 fully saturated rings. The molecular formula is C40H39N9O20S4. The van der Waals surface area contributed by atoms with Crippen LogP contribution in [0.3, 0.4) is 0 Å². The molecule has 29 nitrogen and oxygen atoms in total. The number of carbonyl (C=O) groups excluding carboxylic acids is 2. The predicted octanol–water partition coefficient (Wildman–Crippen LogP) is 0.432. The number of ether oxygens (including phenoxy) is 2. The van der Waals surface area contributed by atoms with Crippen LogP contribution in [0.2, 0.25) is 0 Å². The standard InChI is InChI=1S/C40H39N9O11S.3O3S/c41-39(54)36-37(40(55)49(48-36)25-9-11-26(12-10-25)61(56,57)58)47-42-24-8-13-27-23(19-24)7-14-29(38(27)53)44-46-31-21-33(59-17-15-50)30(20-34(31)60-18-16-51)45-43-28-5-1-3-22-4-2-6-32(52)35(22)28;3*1-4(2)3/h1-14,19-21,37,42-47,50-53H,15-18H2,(H2,41,54)(H,56,57,58);;;. The molecule has 1 heterocycles. The Labute approximate surface area is 415 Å². The summed E-state index contributed by atoms with van der Waals surface area (Å²) in [5.74, 6) is -1.18. The number of amides is 2. The highest BCUT2D eigenvalue weighted by Crippen LogP contribution is 2.39. The summed E-state index contributed by atoms with van der Waals surface area (Å²) in [6.07, 6.45) is 0. The molecule has 6 aromatic rings. The van der Waals surface area contributed by atoms with Gasteiger partial charge in [-0.1, -0.05) is 30.3 Å². The van der Waals surface area contributed by atoms with E-state index in [1.165, 1.54) is 12.1 Å². The zero-order chi connectivity index (χ0) is 54.0. The van der Waals surface area contributed by atoms with Gasteiger partial charge in [-0.2, -0.15) is 18.5 Å². The van der Waals surface area contributed by atoms with Crippen molar-refractivity contribution in [3.63, 3.8) is 0 Å². The van der Waals surface area contributed by atoms with E-state index in [1.54, 1.807) is 60.7 Å². The second-order valence-electron chi connectivity index (χ2n) is 13.9. The first-order valence-corrected chi connectivity index (χ1v) is 24.3. The Morgan fingerprint density at radius 1 is 0.658 bits per heavy atom. The summed E-state index contributed by atoms with van der Waals surface area (Å²) in [5, 5.41) is 48.2. The number of phenolic OH excluding ortho intramolecular Hbond substituents is 2. The van der Waals surface area contributed by atoms with E-state index in [9.17, 15) is 43.0 Å². The number of hydrogen-bond donors (Lipinski definition) is 12. The zero-order valence-electron chi connectivity index (χ0n) is 36.7. The van der Waals surface area contributed by atoms with Crippen LogP contribution in [-0.4, -0.2) is 121 Å². The molecule has 2 amide bonds. The van der Waals surface area contributed by atoms with Gasteiger partial charge in [-0.15, -0.1) is 37.9 Å². The van der Waals surface area contributed by atoms with Crippen LogP contribution in [0.1, 0.15) is 0 Å². The highest BCUT2D eigenvalue weighted by Gasteiger charge is 2.39. The Morgan fingerprint density at radius 3 is 1.70 bits per heavy atom. The van der Waals surface area contributed by atoms with Gasteiger partial charge in [0.25, 0.3) is 21.9 Å². The fraction of sp³-hybridized carbons (Fsp3) is 0.125. The average Bonchev–Trinajstić information content (AvgIpc) is 3.66. The third kappa shape index (κ3) is 16.4. The van der Waals surface area contributed by atoms with E-state index in [2.05, 4.69) is 37.7 Å². The van der Waals surface area contributed by atoms with Crippen LogP contribution in [0, 0.1) is 0 Å². The lowest BCUT2D eigenvalue weighted by atomic mass is 10.1. The molecule has 1 aliphatic heterocycles. The second-order valence-corrected chi connectivity index (χ2v) is 16.5. The number of aliphatic hydroxyl groups excluding tert-OH is 2. The molecule has 7 rings (SSSR count). The lowest BCUT2D eigenvalue weighted by Crippen LogP contribution is -2.49. The first-order chi connectivity index (χ1) is 34.6. The smallest absolute Gasteiger partial charge is 0.425 e. The molecule has 0 aliphatic carbocycles. The van der Waals surface area contributed by atoms with Gasteiger partial charge in [-0.05, 0) is 71.4 Å². The molecule has 73 heavy (non-hydrogen) atoms. The van der Waals surface area contributed by atoms with Crippen molar-refractivity contribution < 1.29 is 90.3 Å². The number of fused-ring (bicyclic) bond motifs is 2. The monoisotopic (exact) mass is 1090 g/mol. The predicted molar refractivity (Wildman–Crippen MR) is 257 cm³/mol. The molecule has 0 radical (unpaired) electrons. The van der Waals surface area contributed by atoms with Crippen molar-refractivity contribution in [3.05, 3.63) is 103 Å². The first kappa shape index (κ1) is 56.9. The van der Waals surface area contributed by atoms with Gasteiger partial charge in [-0.25, -0.2) is 5.43 Å². The fourth-order valence-electron chi connectivity index (χ4n) is 6.37. The highest BCUT2D eigenvalue weighted by molar-refractivity contribution is 7.85. The van der Waals surface area contributed by atoms with E-state index in [4.69, 9.17) is 53.1 Å². The number of aromatic hydroxyl groups is 2. The van der Waals surface area contributed by atoms with Gasteiger partial charge < -0.3 is 46.5 Å². The van der Waals surface area contributed by atoms with E-state index >= 15 is 0 Å². The van der Waals surface area contributed by atoms with Crippen molar-refractivity contribution in [1.29, 1.82) is 0 Å². The highest BCUT2D eigenvalue weighted by atomic mass is 32.2. The lowest BCUT2D eigenvalue weighted by Gasteiger charge is -2.21. The number of nitrogens with zero attached hydrogens (tertiary/aromatic N) is 2. The van der Waals surface area contributed by atoms with Crippen molar-refractivity contribution in [2.75, 3.05) is 58.6 Å². The van der Waals surface area contributed by atoms with Gasteiger partial charge >= 0.3 is 31.8 Å². The number of benzene rings is 6. The molecule has 0 saturated carbocycles. The van der Waals surface area contributed by atoms with Gasteiger partial charge in [0.05, 0.1) is 46.5 Å². The summed E-state index contributed by atoms with van der Waals surface area (Å²) in [7, 11) is -13.8. The summed E-state index contributed by atoms with van der Waals surface area (Å²) >= 11 is 0. The van der Waals surface area contributed by atoms with Crippen LogP contribution in [0.5, 0.6) is 23.0 Å². The van der Waals surface area contributed by atoms with Gasteiger partial charge in [-0.3, -0.25) is 30.4 Å². The van der Waals surface area contributed by atoms with E-state index in [0.717, 1.165) is 22.5 Å². The number of anilines is 6. The van der Waals surface area contributed by atoms with Crippen LogP contribution >= 0.6 is 0 Å². The Balaban J connectivity index is 0.000000868. The maximum atomic E-state index is 13.3. The van der Waals surface area contributed by atoms with Crippen LogP contribution in [-0.2, 0) is 51.5 Å². The molecule has 6 aromatic carbocycles. The molecule has 1 unspecified atom stereocenters. The minimum atomic E-state index is -4.48. The summed E-state index contributed by atoms with van der Waals surface area (Å²) in [6.45, 7) is -0.656. The van der Waals surface area contributed by atoms with Crippen molar-refractivity contribution in [1.82, 2.24) is 5.43 Å². The molecular weight excluding hydrogens is 1050 g/mol. The maximum Gasteiger partial charge on any atom is 0.425 e. The number of rotatable bonds is 18. The normalized spacial score (nSPS) is 12.5. The molecule has 1 atom stereocenters. The van der Waals surface area contributed by atoms with Gasteiger partial charge in [0.15, 0.2) is 11.8 Å². The molecule has 33 heteroatoms. The van der Waals surface area contributed by atoms with Crippen molar-refractivity contribution in [3.8, 4) is 23.0 Å². The van der Waals surface area contributed by atoms with Gasteiger partial charge in [0, 0.05) is 28.6 Å². The molecule has 0 saturated heterocycles. The van der Waals surface area contributed by atoms with Crippen LogP contribution < -0.4 is 52.8 Å². The van der Waals surface area contributed by atoms with E-state index in [-0.39, 0.29) is 60.8 Å². The van der Waals surface area contributed by atoms with Gasteiger partial charge in [0.2, 0.25) is 0 Å². The van der Waals surface area contributed by atoms with Crippen LogP contribution in [0.4, 0.5) is 34.1 Å². The van der Waals surface area contributed by atoms with E-state index in [0.29, 0.717) is 44.7 Å². The van der Waals surface area contributed by atoms with Crippen LogP contribution in [0.15, 0.2) is 113 Å². The number of nitrogens with two attached hydrogens (primary N) is 1. The zero-order valence-corrected chi connectivity index (χ0v) is 40.0. The summed E-state index contributed by atoms with van der Waals surface area (Å²) in [5.41, 5.74) is 25.1. The van der Waals surface area contributed by atoms with E-state index < -0.39 is 64.7 Å². The molecule has 388 valence electrons. The number of primary amides is 1. The quantitative estimate of drug-likeness (QED) is 0.0315. The Bertz CT molecular complexity index is 3410. The Hall–Kier alpha value is -8.70. The third-order valence-electron chi connectivity index (χ3n) is 9.25. The van der Waals surface area contributed by atoms with Crippen molar-refractivity contribution in [2.24, 2.45) is 10.8 Å². The Kier molecular flexibility index (Phi) is 20.6. The number of hydrazone groups is 1. The Morgan fingerprint density at radius 2 is 1.18 bits per heavy atom. The third-order valence-corrected chi connectivity index (χ3v) is 10.1. The summed E-state index contributed by atoms with van der Waals surface area (Å²) in [6, 6.07) is 25.3. The number of hydrogen-bond acceptors (Lipinski definition) is 26. The lowest BCUT2D eigenvalue weighted by molar-refractivity contribution is -0.119. The first-order valence-electron chi connectivity index (χ1n) is 19.8. The largest absolute Gasteiger partial charge is 0.507 e. The maximum absolute atomic E-state index is 13.3. The van der Waals surface area contributed by atoms with Crippen molar-refractivity contribution >= 4 is 115 Å². The van der Waals surface area contributed by atoms with E-state index in [1.807, 2.05) is 18.2 Å². The average molecular weight is 1090 g/mol. The molecule has 1 aliphatic rings. The summed E-state index contributed by atoms with van der Waals surface area (Å²) < 4.78 is 120. The van der Waals surface area contributed by atoms with Crippen LogP contribution in [0.25, 0.3) is 21.5 Å². The molecule has 0 bridgehead atoms.